The van der Waals surface area contributed by atoms with E-state index >= 15 is 0 Å². The molecule has 0 bridgehead atoms. The molecule has 1 aromatic carbocycles. The molecule has 2 N–H and O–H groups in total. The maximum Gasteiger partial charge on any atom is 0.276 e. The average molecular weight is 214 g/mol. The van der Waals surface area contributed by atoms with Gasteiger partial charge in [0.25, 0.3) is 10.2 Å². The van der Waals surface area contributed by atoms with Gasteiger partial charge in [0.15, 0.2) is 0 Å². The average Bonchev–Trinajstić information content (AvgIpc) is 2.07. The maximum absolute atomic E-state index is 11.0. The summed E-state index contributed by atoms with van der Waals surface area (Å²) >= 11 is 0. The standard InChI is InChI=1S/C9H14N2O2S/c1-8-5-3-4-6-9(8)7-11(2)14(10,12)13/h3-6H,7H2,1-2H3,(H2,10,12,13). The fourth-order valence-electron chi connectivity index (χ4n) is 1.12. The van der Waals surface area contributed by atoms with Gasteiger partial charge in [0.2, 0.25) is 0 Å². The molecule has 0 fully saturated rings. The summed E-state index contributed by atoms with van der Waals surface area (Å²) in [6.45, 7) is 2.25. The third-order valence-corrected chi connectivity index (χ3v) is 3.09. The van der Waals surface area contributed by atoms with Crippen LogP contribution in [0.3, 0.4) is 0 Å². The van der Waals surface area contributed by atoms with Crippen molar-refractivity contribution in [3.05, 3.63) is 35.4 Å². The van der Waals surface area contributed by atoms with Crippen LogP contribution in [0.25, 0.3) is 0 Å². The van der Waals surface area contributed by atoms with Gasteiger partial charge in [-0.15, -0.1) is 0 Å². The van der Waals surface area contributed by atoms with E-state index < -0.39 is 10.2 Å². The van der Waals surface area contributed by atoms with Crippen LogP contribution in [0.2, 0.25) is 0 Å². The van der Waals surface area contributed by atoms with Crippen molar-refractivity contribution < 1.29 is 8.42 Å². The third-order valence-electron chi connectivity index (χ3n) is 2.09. The second kappa shape index (κ2) is 4.08. The Morgan fingerprint density at radius 1 is 1.36 bits per heavy atom. The van der Waals surface area contributed by atoms with Gasteiger partial charge in [0, 0.05) is 13.6 Å². The van der Waals surface area contributed by atoms with Gasteiger partial charge in [0.05, 0.1) is 0 Å². The number of rotatable bonds is 3. The summed E-state index contributed by atoms with van der Waals surface area (Å²) in [4.78, 5) is 0. The second-order valence-corrected chi connectivity index (χ2v) is 4.88. The van der Waals surface area contributed by atoms with Crippen molar-refractivity contribution in [1.82, 2.24) is 4.31 Å². The van der Waals surface area contributed by atoms with Gasteiger partial charge >= 0.3 is 0 Å². The van der Waals surface area contributed by atoms with Crippen LogP contribution in [0, 0.1) is 6.92 Å². The quantitative estimate of drug-likeness (QED) is 0.802. The molecular formula is C9H14N2O2S. The van der Waals surface area contributed by atoms with Crippen LogP contribution in [0.5, 0.6) is 0 Å². The minimum Gasteiger partial charge on any atom is -0.216 e. The molecule has 0 saturated carbocycles. The number of nitrogens with two attached hydrogens (primary N) is 1. The maximum atomic E-state index is 11.0. The van der Waals surface area contributed by atoms with Gasteiger partial charge in [-0.2, -0.15) is 12.7 Å². The molecule has 0 unspecified atom stereocenters. The first-order valence-electron chi connectivity index (χ1n) is 4.20. The predicted octanol–water partition coefficient (Wildman–Crippen LogP) is 0.630. The molecule has 0 aromatic heterocycles. The Morgan fingerprint density at radius 3 is 2.43 bits per heavy atom. The minimum atomic E-state index is -3.58. The van der Waals surface area contributed by atoms with Crippen molar-refractivity contribution in [2.75, 3.05) is 7.05 Å². The Morgan fingerprint density at radius 2 is 1.93 bits per heavy atom. The predicted molar refractivity (Wildman–Crippen MR) is 55.8 cm³/mol. The van der Waals surface area contributed by atoms with Crippen LogP contribution < -0.4 is 5.14 Å². The Balaban J connectivity index is 2.85. The van der Waals surface area contributed by atoms with Crippen LogP contribution in [0.4, 0.5) is 0 Å². The molecule has 0 heterocycles. The Kier molecular flexibility index (Phi) is 3.25. The first kappa shape index (κ1) is 11.2. The summed E-state index contributed by atoms with van der Waals surface area (Å²) in [6.07, 6.45) is 0. The van der Waals surface area contributed by atoms with Gasteiger partial charge in [-0.3, -0.25) is 0 Å². The lowest BCUT2D eigenvalue weighted by molar-refractivity contribution is 0.467. The highest BCUT2D eigenvalue weighted by Crippen LogP contribution is 2.10. The molecular weight excluding hydrogens is 200 g/mol. The van der Waals surface area contributed by atoms with Crippen LogP contribution in [0.15, 0.2) is 24.3 Å². The second-order valence-electron chi connectivity index (χ2n) is 3.23. The lowest BCUT2D eigenvalue weighted by atomic mass is 10.1. The molecule has 14 heavy (non-hydrogen) atoms. The molecule has 5 heteroatoms. The van der Waals surface area contributed by atoms with Crippen molar-refractivity contribution in [1.29, 1.82) is 0 Å². The van der Waals surface area contributed by atoms with Crippen LogP contribution in [-0.2, 0) is 16.8 Å². The Labute approximate surface area is 84.5 Å². The Hall–Kier alpha value is -0.910. The van der Waals surface area contributed by atoms with Gasteiger partial charge in [0.1, 0.15) is 0 Å². The highest BCUT2D eigenvalue weighted by molar-refractivity contribution is 7.86. The SMILES string of the molecule is Cc1ccccc1CN(C)S(N)(=O)=O. The topological polar surface area (TPSA) is 63.4 Å². The largest absolute Gasteiger partial charge is 0.276 e. The van der Waals surface area contributed by atoms with E-state index in [4.69, 9.17) is 5.14 Å². The molecule has 0 radical (unpaired) electrons. The summed E-state index contributed by atoms with van der Waals surface area (Å²) in [5.74, 6) is 0. The monoisotopic (exact) mass is 214 g/mol. The lowest BCUT2D eigenvalue weighted by Gasteiger charge is -2.14. The summed E-state index contributed by atoms with van der Waals surface area (Å²) in [5.41, 5.74) is 2.02. The van der Waals surface area contributed by atoms with Crippen LogP contribution >= 0.6 is 0 Å². The van der Waals surface area contributed by atoms with E-state index in [9.17, 15) is 8.42 Å². The first-order valence-corrected chi connectivity index (χ1v) is 5.70. The zero-order valence-corrected chi connectivity index (χ0v) is 9.08. The van der Waals surface area contributed by atoms with E-state index in [2.05, 4.69) is 0 Å². The molecule has 4 nitrogen and oxygen atoms in total. The zero-order valence-electron chi connectivity index (χ0n) is 8.27. The minimum absolute atomic E-state index is 0.311. The summed E-state index contributed by atoms with van der Waals surface area (Å²) < 4.78 is 23.0. The smallest absolute Gasteiger partial charge is 0.216 e. The highest BCUT2D eigenvalue weighted by Gasteiger charge is 2.12. The van der Waals surface area contributed by atoms with Gasteiger partial charge in [-0.05, 0) is 18.1 Å². The van der Waals surface area contributed by atoms with E-state index in [1.807, 2.05) is 31.2 Å². The van der Waals surface area contributed by atoms with Crippen molar-refractivity contribution >= 4 is 10.2 Å². The molecule has 0 saturated heterocycles. The number of aryl methyl sites for hydroxylation is 1. The van der Waals surface area contributed by atoms with Crippen molar-refractivity contribution in [3.63, 3.8) is 0 Å². The van der Waals surface area contributed by atoms with E-state index in [0.29, 0.717) is 6.54 Å². The zero-order chi connectivity index (χ0) is 10.8. The third kappa shape index (κ3) is 2.80. The Bertz CT molecular complexity index is 415. The molecule has 0 aliphatic rings. The molecule has 1 rings (SSSR count). The first-order chi connectivity index (χ1) is 6.41. The summed E-state index contributed by atoms with van der Waals surface area (Å²) in [7, 11) is -2.12. The van der Waals surface area contributed by atoms with E-state index in [0.717, 1.165) is 15.4 Å². The molecule has 78 valence electrons. The molecule has 0 spiro atoms. The van der Waals surface area contributed by atoms with E-state index in [1.165, 1.54) is 7.05 Å². The van der Waals surface area contributed by atoms with Gasteiger partial charge in [-0.1, -0.05) is 24.3 Å². The normalized spacial score (nSPS) is 12.0. The molecule has 1 aromatic rings. The van der Waals surface area contributed by atoms with Crippen LogP contribution in [0.1, 0.15) is 11.1 Å². The highest BCUT2D eigenvalue weighted by atomic mass is 32.2. The number of benzene rings is 1. The number of nitrogens with zero attached hydrogens (tertiary/aromatic N) is 1. The van der Waals surface area contributed by atoms with E-state index in [-0.39, 0.29) is 0 Å². The number of hydrogen-bond acceptors (Lipinski definition) is 2. The molecule has 0 amide bonds. The van der Waals surface area contributed by atoms with Crippen molar-refractivity contribution in [2.45, 2.75) is 13.5 Å². The fraction of sp³-hybridized carbons (Fsp3) is 0.333. The summed E-state index contributed by atoms with van der Waals surface area (Å²) in [6, 6.07) is 7.61. The molecule has 0 atom stereocenters. The van der Waals surface area contributed by atoms with Crippen molar-refractivity contribution in [3.8, 4) is 0 Å². The van der Waals surface area contributed by atoms with Crippen LogP contribution in [-0.4, -0.2) is 19.8 Å². The molecule has 0 aliphatic carbocycles. The molecule has 0 aliphatic heterocycles. The summed E-state index contributed by atoms with van der Waals surface area (Å²) in [5, 5.41) is 4.98. The number of hydrogen-bond donors (Lipinski definition) is 1. The van der Waals surface area contributed by atoms with Gasteiger partial charge in [-0.25, -0.2) is 5.14 Å². The van der Waals surface area contributed by atoms with Crippen molar-refractivity contribution in [2.24, 2.45) is 5.14 Å². The van der Waals surface area contributed by atoms with E-state index in [1.54, 1.807) is 0 Å². The van der Waals surface area contributed by atoms with Gasteiger partial charge < -0.3 is 0 Å². The lowest BCUT2D eigenvalue weighted by Crippen LogP contribution is -2.32. The fourth-order valence-corrected chi connectivity index (χ4v) is 1.44.